The summed E-state index contributed by atoms with van der Waals surface area (Å²) in [4.78, 5) is 31.9. The zero-order chi connectivity index (χ0) is 17.3. The van der Waals surface area contributed by atoms with Crippen molar-refractivity contribution in [2.75, 3.05) is 13.1 Å². The molecule has 2 aromatic heterocycles. The Hall–Kier alpha value is -2.15. The molecule has 1 N–H and O–H groups in total. The molecule has 1 saturated heterocycles. The molecule has 0 spiro atoms. The lowest BCUT2D eigenvalue weighted by Crippen LogP contribution is -2.59. The molecule has 0 bridgehead atoms. The van der Waals surface area contributed by atoms with E-state index >= 15 is 0 Å². The zero-order valence-electron chi connectivity index (χ0n) is 14.0. The highest BCUT2D eigenvalue weighted by atomic mass is 32.1. The minimum Gasteiger partial charge on any atom is -0.440 e. The third-order valence-corrected chi connectivity index (χ3v) is 5.01. The maximum atomic E-state index is 12.7. The molecule has 0 aliphatic carbocycles. The molecule has 0 aromatic carbocycles. The highest BCUT2D eigenvalue weighted by Gasteiger charge is 2.35. The first-order valence-corrected chi connectivity index (χ1v) is 8.92. The first-order chi connectivity index (χ1) is 11.5. The van der Waals surface area contributed by atoms with E-state index in [0.717, 1.165) is 4.88 Å². The number of hydrogen-bond acceptors (Lipinski definition) is 5. The van der Waals surface area contributed by atoms with E-state index in [1.54, 1.807) is 16.2 Å². The zero-order valence-corrected chi connectivity index (χ0v) is 14.9. The van der Waals surface area contributed by atoms with Crippen molar-refractivity contribution >= 4 is 23.2 Å². The Bertz CT molecular complexity index is 736. The number of piperazine rings is 1. The number of nitrogens with one attached hydrogen (secondary N) is 1. The summed E-state index contributed by atoms with van der Waals surface area (Å²) in [6.07, 6.45) is 0.150. The largest absolute Gasteiger partial charge is 0.440 e. The monoisotopic (exact) mass is 347 g/mol. The van der Waals surface area contributed by atoms with Gasteiger partial charge in [0.25, 0.3) is 0 Å². The lowest BCUT2D eigenvalue weighted by atomic mass is 9.99. The van der Waals surface area contributed by atoms with E-state index in [1.165, 1.54) is 0 Å². The Balaban J connectivity index is 1.78. The molecular weight excluding hydrogens is 326 g/mol. The Kier molecular flexibility index (Phi) is 4.71. The first kappa shape index (κ1) is 16.7. The predicted molar refractivity (Wildman–Crippen MR) is 91.6 cm³/mol. The normalized spacial score (nSPS) is 18.1. The summed E-state index contributed by atoms with van der Waals surface area (Å²) in [6.45, 7) is 6.74. The fourth-order valence-electron chi connectivity index (χ4n) is 2.97. The molecule has 6 nitrogen and oxygen atoms in total. The van der Waals surface area contributed by atoms with Gasteiger partial charge in [0.2, 0.25) is 17.7 Å². The molecule has 1 atom stereocenters. The number of amides is 2. The van der Waals surface area contributed by atoms with Crippen LogP contribution in [0.25, 0.3) is 10.8 Å². The van der Waals surface area contributed by atoms with Crippen LogP contribution in [0.5, 0.6) is 0 Å². The van der Waals surface area contributed by atoms with Gasteiger partial charge in [0.1, 0.15) is 11.8 Å². The molecule has 3 rings (SSSR count). The van der Waals surface area contributed by atoms with Crippen molar-refractivity contribution in [3.8, 4) is 10.8 Å². The van der Waals surface area contributed by atoms with Gasteiger partial charge in [-0.3, -0.25) is 9.59 Å². The molecule has 1 unspecified atom stereocenters. The highest BCUT2D eigenvalue weighted by Crippen LogP contribution is 2.26. The SMILES string of the molecule is Cc1oc(-c2cccs2)nc1CC(=O)N1CCNC(=O)C1C(C)C. The van der Waals surface area contributed by atoms with Crippen molar-refractivity contribution < 1.29 is 14.0 Å². The molecule has 24 heavy (non-hydrogen) atoms. The van der Waals surface area contributed by atoms with E-state index < -0.39 is 6.04 Å². The maximum absolute atomic E-state index is 12.7. The second-order valence-corrected chi connectivity index (χ2v) is 7.19. The Labute approximate surface area is 144 Å². The quantitative estimate of drug-likeness (QED) is 0.920. The van der Waals surface area contributed by atoms with Crippen molar-refractivity contribution in [1.82, 2.24) is 15.2 Å². The van der Waals surface area contributed by atoms with E-state index in [2.05, 4.69) is 10.3 Å². The first-order valence-electron chi connectivity index (χ1n) is 8.04. The second-order valence-electron chi connectivity index (χ2n) is 6.24. The predicted octanol–water partition coefficient (Wildman–Crippen LogP) is 2.24. The lowest BCUT2D eigenvalue weighted by molar-refractivity contribution is -0.144. The van der Waals surface area contributed by atoms with Gasteiger partial charge < -0.3 is 14.6 Å². The number of aryl methyl sites for hydroxylation is 1. The van der Waals surface area contributed by atoms with Gasteiger partial charge >= 0.3 is 0 Å². The minimum atomic E-state index is -0.421. The van der Waals surface area contributed by atoms with E-state index in [0.29, 0.717) is 30.4 Å². The third-order valence-electron chi connectivity index (χ3n) is 4.15. The summed E-state index contributed by atoms with van der Waals surface area (Å²) < 4.78 is 5.69. The van der Waals surface area contributed by atoms with Crippen LogP contribution in [0.1, 0.15) is 25.3 Å². The van der Waals surface area contributed by atoms with Gasteiger partial charge in [-0.2, -0.15) is 0 Å². The molecule has 3 heterocycles. The number of carbonyl (C=O) groups excluding carboxylic acids is 2. The number of nitrogens with zero attached hydrogens (tertiary/aromatic N) is 2. The Morgan fingerprint density at radius 1 is 1.54 bits per heavy atom. The van der Waals surface area contributed by atoms with E-state index in [9.17, 15) is 9.59 Å². The van der Waals surface area contributed by atoms with Crippen LogP contribution in [0.15, 0.2) is 21.9 Å². The van der Waals surface area contributed by atoms with Crippen LogP contribution in [0, 0.1) is 12.8 Å². The maximum Gasteiger partial charge on any atom is 0.243 e. The molecule has 128 valence electrons. The van der Waals surface area contributed by atoms with E-state index in [4.69, 9.17) is 4.42 Å². The molecule has 0 saturated carbocycles. The summed E-state index contributed by atoms with van der Waals surface area (Å²) >= 11 is 1.55. The summed E-state index contributed by atoms with van der Waals surface area (Å²) in [5, 5.41) is 4.79. The van der Waals surface area contributed by atoms with Gasteiger partial charge in [-0.15, -0.1) is 11.3 Å². The molecule has 1 aliphatic rings. The number of thiophene rings is 1. The number of carbonyl (C=O) groups is 2. The van der Waals surface area contributed by atoms with Gasteiger partial charge in [0.15, 0.2) is 0 Å². The summed E-state index contributed by atoms with van der Waals surface area (Å²) in [5.74, 6) is 1.09. The number of oxazole rings is 1. The summed E-state index contributed by atoms with van der Waals surface area (Å²) in [7, 11) is 0. The van der Waals surface area contributed by atoms with Crippen molar-refractivity contribution in [3.63, 3.8) is 0 Å². The van der Waals surface area contributed by atoms with Crippen LogP contribution in [-0.4, -0.2) is 40.8 Å². The molecule has 2 amide bonds. The Morgan fingerprint density at radius 3 is 3.00 bits per heavy atom. The number of rotatable bonds is 4. The minimum absolute atomic E-state index is 0.0642. The lowest BCUT2D eigenvalue weighted by Gasteiger charge is -2.37. The fourth-order valence-corrected chi connectivity index (χ4v) is 3.62. The molecule has 0 radical (unpaired) electrons. The van der Waals surface area contributed by atoms with Crippen LogP contribution in [-0.2, 0) is 16.0 Å². The Morgan fingerprint density at radius 2 is 2.33 bits per heavy atom. The van der Waals surface area contributed by atoms with Crippen LogP contribution >= 0.6 is 11.3 Å². The average molecular weight is 347 g/mol. The van der Waals surface area contributed by atoms with Crippen LogP contribution in [0.4, 0.5) is 0 Å². The number of hydrogen-bond donors (Lipinski definition) is 1. The number of aromatic nitrogens is 1. The van der Waals surface area contributed by atoms with Crippen molar-refractivity contribution in [1.29, 1.82) is 0 Å². The molecule has 7 heteroatoms. The smallest absolute Gasteiger partial charge is 0.243 e. The fraction of sp³-hybridized carbons (Fsp3) is 0.471. The standard InChI is InChI=1S/C17H21N3O3S/c1-10(2)15-16(22)18-6-7-20(15)14(21)9-12-11(3)23-17(19-12)13-5-4-8-24-13/h4-5,8,10,15H,6-7,9H2,1-3H3,(H,18,22). The highest BCUT2D eigenvalue weighted by molar-refractivity contribution is 7.13. The van der Waals surface area contributed by atoms with Crippen LogP contribution in [0.3, 0.4) is 0 Å². The summed E-state index contributed by atoms with van der Waals surface area (Å²) in [6, 6.07) is 3.45. The van der Waals surface area contributed by atoms with Gasteiger partial charge in [-0.25, -0.2) is 4.98 Å². The third kappa shape index (κ3) is 3.21. The van der Waals surface area contributed by atoms with Crippen molar-refractivity contribution in [3.05, 3.63) is 29.0 Å². The van der Waals surface area contributed by atoms with Gasteiger partial charge in [0.05, 0.1) is 17.0 Å². The van der Waals surface area contributed by atoms with Gasteiger partial charge in [0, 0.05) is 13.1 Å². The van der Waals surface area contributed by atoms with Gasteiger partial charge in [-0.1, -0.05) is 19.9 Å². The molecular formula is C17H21N3O3S. The molecule has 2 aromatic rings. The molecule has 1 aliphatic heterocycles. The van der Waals surface area contributed by atoms with E-state index in [1.807, 2.05) is 38.3 Å². The van der Waals surface area contributed by atoms with E-state index in [-0.39, 0.29) is 24.2 Å². The van der Waals surface area contributed by atoms with Crippen molar-refractivity contribution in [2.45, 2.75) is 33.2 Å². The van der Waals surface area contributed by atoms with Crippen LogP contribution in [0.2, 0.25) is 0 Å². The van der Waals surface area contributed by atoms with Crippen molar-refractivity contribution in [2.24, 2.45) is 5.92 Å². The second kappa shape index (κ2) is 6.76. The van der Waals surface area contributed by atoms with Gasteiger partial charge in [-0.05, 0) is 24.3 Å². The average Bonchev–Trinajstić information content (AvgIpc) is 3.17. The topological polar surface area (TPSA) is 75.4 Å². The molecule has 1 fully saturated rings. The summed E-state index contributed by atoms with van der Waals surface area (Å²) in [5.41, 5.74) is 0.636. The van der Waals surface area contributed by atoms with Crippen LogP contribution < -0.4 is 5.32 Å².